The molecule has 1 fully saturated rings. The second-order valence-electron chi connectivity index (χ2n) is 7.47. The third-order valence-corrected chi connectivity index (χ3v) is 5.88. The first-order valence-corrected chi connectivity index (χ1v) is 10.6. The minimum atomic E-state index is -0.0639. The summed E-state index contributed by atoms with van der Waals surface area (Å²) in [6.45, 7) is 7.08. The molecule has 1 amide bonds. The molecule has 9 heteroatoms. The predicted octanol–water partition coefficient (Wildman–Crippen LogP) is 2.90. The molecule has 1 saturated heterocycles. The molecule has 2 atom stereocenters. The molecule has 1 aliphatic heterocycles. The quantitative estimate of drug-likeness (QED) is 0.492. The molecule has 2 aromatic heterocycles. The maximum absolute atomic E-state index is 12.0. The van der Waals surface area contributed by atoms with Crippen molar-refractivity contribution < 1.29 is 14.0 Å². The molecule has 0 N–H and O–H groups in total. The summed E-state index contributed by atoms with van der Waals surface area (Å²) >= 11 is 1.53. The van der Waals surface area contributed by atoms with E-state index in [2.05, 4.69) is 33.5 Å². The molecule has 0 aromatic carbocycles. The molecular weight excluding hydrogens is 378 g/mol. The Labute approximate surface area is 170 Å². The van der Waals surface area contributed by atoms with Gasteiger partial charge in [0.1, 0.15) is 5.76 Å². The van der Waals surface area contributed by atoms with Crippen LogP contribution in [0.1, 0.15) is 32.4 Å². The lowest BCUT2D eigenvalue weighted by atomic mass is 9.92. The highest BCUT2D eigenvalue weighted by molar-refractivity contribution is 7.99. The van der Waals surface area contributed by atoms with Gasteiger partial charge in [0.05, 0.1) is 19.9 Å². The van der Waals surface area contributed by atoms with Crippen LogP contribution in [0.2, 0.25) is 0 Å². The van der Waals surface area contributed by atoms with Gasteiger partial charge in [0.15, 0.2) is 5.16 Å². The topological polar surface area (TPSA) is 76.6 Å². The Morgan fingerprint density at radius 2 is 2.11 bits per heavy atom. The summed E-state index contributed by atoms with van der Waals surface area (Å²) in [5.74, 6) is 3.52. The molecule has 3 rings (SSSR count). The molecule has 28 heavy (non-hydrogen) atoms. The lowest BCUT2D eigenvalue weighted by Gasteiger charge is -2.35. The van der Waals surface area contributed by atoms with Gasteiger partial charge < -0.3 is 9.32 Å². The summed E-state index contributed by atoms with van der Waals surface area (Å²) < 4.78 is 7.65. The standard InChI is InChI=1S/C19H29N5O3S/c1-14-10-15(2)12-23(11-14)18-20-21-19(24(18)13-16-6-5-8-27-16)28-9-7-17(25)22(3)26-4/h5-6,8,14-15H,7,9-13H2,1-4H3/t14-,15-/m0/s1. The van der Waals surface area contributed by atoms with Crippen molar-refractivity contribution in [2.24, 2.45) is 11.8 Å². The van der Waals surface area contributed by atoms with Crippen LogP contribution in [-0.4, -0.2) is 58.7 Å². The number of carbonyl (C=O) groups is 1. The van der Waals surface area contributed by atoms with Gasteiger partial charge in [-0.2, -0.15) is 0 Å². The Kier molecular flexibility index (Phi) is 7.01. The van der Waals surface area contributed by atoms with Crippen LogP contribution in [-0.2, 0) is 16.2 Å². The maximum atomic E-state index is 12.0. The number of amides is 1. The van der Waals surface area contributed by atoms with Crippen molar-refractivity contribution in [1.29, 1.82) is 0 Å². The minimum absolute atomic E-state index is 0.0639. The second-order valence-corrected chi connectivity index (χ2v) is 8.53. The lowest BCUT2D eigenvalue weighted by Crippen LogP contribution is -2.40. The molecule has 3 heterocycles. The van der Waals surface area contributed by atoms with Gasteiger partial charge in [-0.1, -0.05) is 25.6 Å². The normalized spacial score (nSPS) is 19.8. The fourth-order valence-electron chi connectivity index (χ4n) is 3.63. The number of aromatic nitrogens is 3. The van der Waals surface area contributed by atoms with Crippen LogP contribution in [0.15, 0.2) is 28.0 Å². The summed E-state index contributed by atoms with van der Waals surface area (Å²) in [6.07, 6.45) is 3.28. The molecular formula is C19H29N5O3S. The second kappa shape index (κ2) is 9.47. The third kappa shape index (κ3) is 5.08. The van der Waals surface area contributed by atoms with E-state index in [1.165, 1.54) is 30.4 Å². The number of hydroxylamine groups is 2. The molecule has 8 nitrogen and oxygen atoms in total. The third-order valence-electron chi connectivity index (χ3n) is 4.92. The van der Waals surface area contributed by atoms with Crippen LogP contribution < -0.4 is 4.90 Å². The first-order chi connectivity index (χ1) is 13.5. The van der Waals surface area contributed by atoms with E-state index in [-0.39, 0.29) is 5.91 Å². The van der Waals surface area contributed by atoms with E-state index in [0.717, 1.165) is 30.0 Å². The number of thioether (sulfide) groups is 1. The van der Waals surface area contributed by atoms with E-state index in [1.54, 1.807) is 13.3 Å². The first kappa shape index (κ1) is 20.7. The molecule has 1 aliphatic rings. The zero-order valence-electron chi connectivity index (χ0n) is 17.0. The van der Waals surface area contributed by atoms with Crippen molar-refractivity contribution in [3.05, 3.63) is 24.2 Å². The zero-order chi connectivity index (χ0) is 20.1. The van der Waals surface area contributed by atoms with Gasteiger partial charge in [-0.15, -0.1) is 10.2 Å². The van der Waals surface area contributed by atoms with Crippen molar-refractivity contribution in [2.45, 2.75) is 38.4 Å². The van der Waals surface area contributed by atoms with Crippen LogP contribution in [0.4, 0.5) is 5.95 Å². The molecule has 0 aliphatic carbocycles. The number of hydrogen-bond acceptors (Lipinski definition) is 7. The SMILES string of the molecule is CON(C)C(=O)CCSc1nnc(N2C[C@@H](C)C[C@H](C)C2)n1Cc1ccco1. The van der Waals surface area contributed by atoms with Gasteiger partial charge in [-0.25, -0.2) is 5.06 Å². The Morgan fingerprint density at radius 1 is 1.36 bits per heavy atom. The van der Waals surface area contributed by atoms with Gasteiger partial charge in [0, 0.05) is 32.3 Å². The number of carbonyl (C=O) groups excluding carboxylic acids is 1. The number of piperidine rings is 1. The van der Waals surface area contributed by atoms with Crippen molar-refractivity contribution >= 4 is 23.6 Å². The predicted molar refractivity (Wildman–Crippen MR) is 108 cm³/mol. The lowest BCUT2D eigenvalue weighted by molar-refractivity contribution is -0.168. The number of nitrogens with zero attached hydrogens (tertiary/aromatic N) is 5. The van der Waals surface area contributed by atoms with Crippen molar-refractivity contribution in [1.82, 2.24) is 19.8 Å². The molecule has 0 unspecified atom stereocenters. The Hall–Kier alpha value is -2.00. The zero-order valence-corrected chi connectivity index (χ0v) is 17.8. The van der Waals surface area contributed by atoms with E-state index in [0.29, 0.717) is 30.6 Å². The van der Waals surface area contributed by atoms with E-state index in [9.17, 15) is 4.79 Å². The molecule has 2 aromatic rings. The van der Waals surface area contributed by atoms with E-state index >= 15 is 0 Å². The van der Waals surface area contributed by atoms with Gasteiger partial charge in [0.2, 0.25) is 11.9 Å². The summed E-state index contributed by atoms with van der Waals surface area (Å²) in [4.78, 5) is 19.2. The highest BCUT2D eigenvalue weighted by Gasteiger charge is 2.27. The monoisotopic (exact) mass is 407 g/mol. The Bertz CT molecular complexity index is 754. The van der Waals surface area contributed by atoms with Crippen LogP contribution in [0, 0.1) is 11.8 Å². The van der Waals surface area contributed by atoms with Crippen molar-refractivity contribution in [3.63, 3.8) is 0 Å². The largest absolute Gasteiger partial charge is 0.467 e. The van der Waals surface area contributed by atoms with Crippen LogP contribution in [0.25, 0.3) is 0 Å². The van der Waals surface area contributed by atoms with Gasteiger partial charge in [0.25, 0.3) is 0 Å². The molecule has 0 spiro atoms. The van der Waals surface area contributed by atoms with Gasteiger partial charge in [-0.05, 0) is 30.4 Å². The number of anilines is 1. The maximum Gasteiger partial charge on any atom is 0.246 e. The smallest absolute Gasteiger partial charge is 0.246 e. The minimum Gasteiger partial charge on any atom is -0.467 e. The summed E-state index contributed by atoms with van der Waals surface area (Å²) in [6, 6.07) is 3.84. The average Bonchev–Trinajstić information content (AvgIpc) is 3.31. The van der Waals surface area contributed by atoms with E-state index in [1.807, 2.05) is 12.1 Å². The molecule has 154 valence electrons. The summed E-state index contributed by atoms with van der Waals surface area (Å²) in [5, 5.41) is 11.0. The highest BCUT2D eigenvalue weighted by Crippen LogP contribution is 2.29. The summed E-state index contributed by atoms with van der Waals surface area (Å²) in [5.41, 5.74) is 0. The number of rotatable bonds is 8. The van der Waals surface area contributed by atoms with Crippen molar-refractivity contribution in [3.8, 4) is 0 Å². The molecule has 0 radical (unpaired) electrons. The summed E-state index contributed by atoms with van der Waals surface area (Å²) in [7, 11) is 3.10. The molecule has 0 bridgehead atoms. The Balaban J connectivity index is 1.76. The van der Waals surface area contributed by atoms with Crippen LogP contribution in [0.5, 0.6) is 0 Å². The first-order valence-electron chi connectivity index (χ1n) is 9.62. The average molecular weight is 408 g/mol. The number of furan rings is 1. The van der Waals surface area contributed by atoms with Crippen LogP contribution >= 0.6 is 11.8 Å². The molecule has 0 saturated carbocycles. The van der Waals surface area contributed by atoms with E-state index < -0.39 is 0 Å². The van der Waals surface area contributed by atoms with Gasteiger partial charge in [-0.3, -0.25) is 14.2 Å². The van der Waals surface area contributed by atoms with Gasteiger partial charge >= 0.3 is 0 Å². The Morgan fingerprint density at radius 3 is 2.75 bits per heavy atom. The van der Waals surface area contributed by atoms with Crippen molar-refractivity contribution in [2.75, 3.05) is 37.9 Å². The fraction of sp³-hybridized carbons (Fsp3) is 0.632. The van der Waals surface area contributed by atoms with Crippen LogP contribution in [0.3, 0.4) is 0 Å². The number of hydrogen-bond donors (Lipinski definition) is 0. The van der Waals surface area contributed by atoms with E-state index in [4.69, 9.17) is 9.25 Å². The highest BCUT2D eigenvalue weighted by atomic mass is 32.2. The fourth-order valence-corrected chi connectivity index (χ4v) is 4.49.